The lowest BCUT2D eigenvalue weighted by atomic mass is 10.2. The van der Waals surface area contributed by atoms with Gasteiger partial charge in [-0.3, -0.25) is 4.90 Å². The van der Waals surface area contributed by atoms with Gasteiger partial charge in [0, 0.05) is 32.7 Å². The third-order valence-corrected chi connectivity index (χ3v) is 7.51. The van der Waals surface area contributed by atoms with E-state index in [-0.39, 0.29) is 10.0 Å². The van der Waals surface area contributed by atoms with Crippen molar-refractivity contribution >= 4 is 38.6 Å². The van der Waals surface area contributed by atoms with E-state index >= 15 is 0 Å². The van der Waals surface area contributed by atoms with Gasteiger partial charge in [-0.1, -0.05) is 23.7 Å². The van der Waals surface area contributed by atoms with Crippen molar-refractivity contribution < 1.29 is 12.8 Å². The van der Waals surface area contributed by atoms with Gasteiger partial charge in [0.05, 0.1) is 10.0 Å². The molecule has 0 bridgehead atoms. The SMILES string of the molecule is O=S(=O)(NCCCN1CCN(c2ccccc2F)CC1)c1ccc(Cl)s1. The molecule has 26 heavy (non-hydrogen) atoms. The van der Waals surface area contributed by atoms with Crippen molar-refractivity contribution in [2.75, 3.05) is 44.2 Å². The Kier molecular flexibility index (Phi) is 6.52. The first-order valence-electron chi connectivity index (χ1n) is 8.42. The Morgan fingerprint density at radius 1 is 1.12 bits per heavy atom. The Morgan fingerprint density at radius 2 is 1.85 bits per heavy atom. The fraction of sp³-hybridized carbons (Fsp3) is 0.412. The van der Waals surface area contributed by atoms with Gasteiger partial charge in [-0.15, -0.1) is 11.3 Å². The highest BCUT2D eigenvalue weighted by Crippen LogP contribution is 2.25. The summed E-state index contributed by atoms with van der Waals surface area (Å²) >= 11 is 6.84. The Hall–Kier alpha value is -1.19. The van der Waals surface area contributed by atoms with Gasteiger partial charge in [0.15, 0.2) is 0 Å². The van der Waals surface area contributed by atoms with E-state index in [4.69, 9.17) is 11.6 Å². The number of hydrogen-bond acceptors (Lipinski definition) is 5. The summed E-state index contributed by atoms with van der Waals surface area (Å²) in [6, 6.07) is 9.91. The largest absolute Gasteiger partial charge is 0.367 e. The summed E-state index contributed by atoms with van der Waals surface area (Å²) in [4.78, 5) is 4.32. The van der Waals surface area contributed by atoms with Crippen LogP contribution in [0.4, 0.5) is 10.1 Å². The number of sulfonamides is 1. The van der Waals surface area contributed by atoms with E-state index in [1.54, 1.807) is 18.2 Å². The maximum absolute atomic E-state index is 13.8. The van der Waals surface area contributed by atoms with Crippen molar-refractivity contribution in [1.82, 2.24) is 9.62 Å². The van der Waals surface area contributed by atoms with Crippen LogP contribution in [0.15, 0.2) is 40.6 Å². The normalized spacial score (nSPS) is 16.2. The van der Waals surface area contributed by atoms with Crippen molar-refractivity contribution in [3.8, 4) is 0 Å². The van der Waals surface area contributed by atoms with Gasteiger partial charge in [-0.05, 0) is 37.2 Å². The second-order valence-corrected chi connectivity index (χ2v) is 9.80. The lowest BCUT2D eigenvalue weighted by molar-refractivity contribution is 0.255. The summed E-state index contributed by atoms with van der Waals surface area (Å²) in [7, 11) is -3.48. The Morgan fingerprint density at radius 3 is 2.50 bits per heavy atom. The quantitative estimate of drug-likeness (QED) is 0.703. The number of para-hydroxylation sites is 1. The van der Waals surface area contributed by atoms with E-state index in [9.17, 15) is 12.8 Å². The molecule has 0 aliphatic carbocycles. The van der Waals surface area contributed by atoms with Crippen LogP contribution >= 0.6 is 22.9 Å². The summed E-state index contributed by atoms with van der Waals surface area (Å²) in [5.41, 5.74) is 0.648. The van der Waals surface area contributed by atoms with Crippen LogP contribution in [0.2, 0.25) is 4.34 Å². The third-order valence-electron chi connectivity index (χ3n) is 4.32. The first-order chi connectivity index (χ1) is 12.5. The van der Waals surface area contributed by atoms with Crippen LogP contribution in [0.1, 0.15) is 6.42 Å². The van der Waals surface area contributed by atoms with Crippen LogP contribution in [0, 0.1) is 5.82 Å². The lowest BCUT2D eigenvalue weighted by Crippen LogP contribution is -2.47. The number of halogens is 2. The standard InChI is InChI=1S/C17H21ClFN3O2S2/c18-16-6-7-17(25-16)26(23,24)20-8-3-9-21-10-12-22(13-11-21)15-5-2-1-4-14(15)19/h1-2,4-7,20H,3,8-13H2. The Balaban J connectivity index is 1.40. The molecule has 1 aromatic heterocycles. The summed E-state index contributed by atoms with van der Waals surface area (Å²) in [5, 5.41) is 0. The zero-order valence-corrected chi connectivity index (χ0v) is 16.6. The summed E-state index contributed by atoms with van der Waals surface area (Å²) < 4.78 is 41.4. The molecular weight excluding hydrogens is 397 g/mol. The minimum atomic E-state index is -3.48. The van der Waals surface area contributed by atoms with E-state index in [2.05, 4.69) is 14.5 Å². The van der Waals surface area contributed by atoms with Crippen LogP contribution in [0.5, 0.6) is 0 Å². The maximum atomic E-state index is 13.8. The molecule has 0 saturated carbocycles. The molecule has 5 nitrogen and oxygen atoms in total. The van der Waals surface area contributed by atoms with E-state index in [1.165, 1.54) is 12.1 Å². The van der Waals surface area contributed by atoms with Crippen LogP contribution in [0.25, 0.3) is 0 Å². The highest BCUT2D eigenvalue weighted by molar-refractivity contribution is 7.91. The van der Waals surface area contributed by atoms with Crippen molar-refractivity contribution in [3.63, 3.8) is 0 Å². The molecule has 0 spiro atoms. The van der Waals surface area contributed by atoms with Crippen LogP contribution in [-0.4, -0.2) is 52.6 Å². The topological polar surface area (TPSA) is 52.7 Å². The molecule has 0 unspecified atom stereocenters. The molecule has 2 heterocycles. The number of piperazine rings is 1. The zero-order valence-electron chi connectivity index (χ0n) is 14.2. The number of anilines is 1. The molecule has 1 aromatic carbocycles. The molecule has 3 rings (SSSR count). The lowest BCUT2D eigenvalue weighted by Gasteiger charge is -2.36. The van der Waals surface area contributed by atoms with Gasteiger partial charge >= 0.3 is 0 Å². The van der Waals surface area contributed by atoms with Crippen LogP contribution in [0.3, 0.4) is 0 Å². The number of nitrogens with one attached hydrogen (secondary N) is 1. The number of benzene rings is 1. The van der Waals surface area contributed by atoms with Gasteiger partial charge in [-0.2, -0.15) is 0 Å². The van der Waals surface area contributed by atoms with Crippen molar-refractivity contribution in [1.29, 1.82) is 0 Å². The van der Waals surface area contributed by atoms with Crippen molar-refractivity contribution in [2.24, 2.45) is 0 Å². The molecule has 9 heteroatoms. The number of thiophene rings is 1. The third kappa shape index (κ3) is 4.95. The minimum absolute atomic E-state index is 0.191. The summed E-state index contributed by atoms with van der Waals surface area (Å²) in [6.45, 7) is 4.38. The predicted octanol–water partition coefficient (Wildman–Crippen LogP) is 3.03. The monoisotopic (exact) mass is 417 g/mol. The molecule has 1 aliphatic heterocycles. The minimum Gasteiger partial charge on any atom is -0.367 e. The second-order valence-electron chi connectivity index (χ2n) is 6.09. The molecule has 1 fully saturated rings. The molecule has 1 saturated heterocycles. The molecule has 142 valence electrons. The van der Waals surface area contributed by atoms with E-state index in [0.717, 1.165) is 50.5 Å². The average Bonchev–Trinajstić information content (AvgIpc) is 3.07. The predicted molar refractivity (Wildman–Crippen MR) is 104 cm³/mol. The van der Waals surface area contributed by atoms with Gasteiger partial charge in [0.1, 0.15) is 10.0 Å². The van der Waals surface area contributed by atoms with Gasteiger partial charge < -0.3 is 4.90 Å². The highest BCUT2D eigenvalue weighted by atomic mass is 35.5. The fourth-order valence-corrected chi connectivity index (χ4v) is 5.54. The first kappa shape index (κ1) is 19.6. The number of nitrogens with zero attached hydrogens (tertiary/aromatic N) is 2. The fourth-order valence-electron chi connectivity index (χ4n) is 2.94. The zero-order chi connectivity index (χ0) is 18.6. The van der Waals surface area contributed by atoms with E-state index < -0.39 is 10.0 Å². The molecular formula is C17H21ClFN3O2S2. The first-order valence-corrected chi connectivity index (χ1v) is 11.1. The smallest absolute Gasteiger partial charge is 0.250 e. The average molecular weight is 418 g/mol. The number of hydrogen-bond donors (Lipinski definition) is 1. The summed E-state index contributed by atoms with van der Waals surface area (Å²) in [5.74, 6) is -0.191. The number of rotatable bonds is 7. The Labute approximate surface area is 162 Å². The molecule has 2 aromatic rings. The van der Waals surface area contributed by atoms with Crippen LogP contribution in [-0.2, 0) is 10.0 Å². The van der Waals surface area contributed by atoms with Crippen molar-refractivity contribution in [2.45, 2.75) is 10.6 Å². The highest BCUT2D eigenvalue weighted by Gasteiger charge is 2.19. The maximum Gasteiger partial charge on any atom is 0.250 e. The second kappa shape index (κ2) is 8.67. The summed E-state index contributed by atoms with van der Waals surface area (Å²) in [6.07, 6.45) is 0.720. The van der Waals surface area contributed by atoms with E-state index in [1.807, 2.05) is 6.07 Å². The van der Waals surface area contributed by atoms with E-state index in [0.29, 0.717) is 16.6 Å². The molecule has 0 amide bonds. The van der Waals surface area contributed by atoms with Gasteiger partial charge in [-0.25, -0.2) is 17.5 Å². The molecule has 1 N–H and O–H groups in total. The molecule has 0 radical (unpaired) electrons. The van der Waals surface area contributed by atoms with Crippen molar-refractivity contribution in [3.05, 3.63) is 46.6 Å². The Bertz CT molecular complexity index is 836. The van der Waals surface area contributed by atoms with Crippen LogP contribution < -0.4 is 9.62 Å². The van der Waals surface area contributed by atoms with Gasteiger partial charge in [0.25, 0.3) is 0 Å². The molecule has 0 atom stereocenters. The molecule has 1 aliphatic rings. The van der Waals surface area contributed by atoms with Gasteiger partial charge in [0.2, 0.25) is 10.0 Å².